The third kappa shape index (κ3) is 4.37. The molecule has 8 nitrogen and oxygen atoms in total. The van der Waals surface area contributed by atoms with Gasteiger partial charge in [-0.3, -0.25) is 0 Å². The zero-order chi connectivity index (χ0) is 22.0. The van der Waals surface area contributed by atoms with Crippen molar-refractivity contribution < 1.29 is 18.7 Å². The van der Waals surface area contributed by atoms with Crippen molar-refractivity contribution in [3.63, 3.8) is 0 Å². The molecule has 2 aromatic rings. The largest absolute Gasteiger partial charge is 0.467 e. The molecular formula is C22H28N4O4S. The van der Waals surface area contributed by atoms with Crippen molar-refractivity contribution in [1.29, 1.82) is 0 Å². The first-order valence-corrected chi connectivity index (χ1v) is 11.7. The molecule has 0 saturated heterocycles. The lowest BCUT2D eigenvalue weighted by atomic mass is 10.0. The Hall–Kier alpha value is -2.68. The van der Waals surface area contributed by atoms with Crippen LogP contribution in [0.25, 0.3) is 0 Å². The summed E-state index contributed by atoms with van der Waals surface area (Å²) in [6.45, 7) is 6.13. The number of hydrogen-bond acceptors (Lipinski definition) is 6. The Balaban J connectivity index is 1.66. The molecule has 0 aromatic carbocycles. The lowest BCUT2D eigenvalue weighted by Crippen LogP contribution is -2.46. The number of esters is 1. The van der Waals surface area contributed by atoms with E-state index in [1.54, 1.807) is 19.1 Å². The maximum atomic E-state index is 12.8. The fraction of sp³-hybridized carbons (Fsp3) is 0.500. The molecule has 1 aliphatic heterocycles. The number of imidazole rings is 1. The van der Waals surface area contributed by atoms with Gasteiger partial charge in [-0.1, -0.05) is 24.6 Å². The second-order valence-electron chi connectivity index (χ2n) is 7.82. The smallest absolute Gasteiger partial charge is 0.338 e. The lowest BCUT2D eigenvalue weighted by Gasteiger charge is -2.27. The van der Waals surface area contributed by atoms with Crippen LogP contribution in [0.1, 0.15) is 61.8 Å². The first-order chi connectivity index (χ1) is 15.0. The van der Waals surface area contributed by atoms with Gasteiger partial charge in [0.25, 0.3) is 0 Å². The van der Waals surface area contributed by atoms with Crippen LogP contribution in [0.15, 0.2) is 39.2 Å². The molecule has 9 heteroatoms. The predicted octanol–water partition coefficient (Wildman–Crippen LogP) is 4.17. The van der Waals surface area contributed by atoms with Crippen LogP contribution in [-0.2, 0) is 9.53 Å². The fourth-order valence-electron chi connectivity index (χ4n) is 4.28. The summed E-state index contributed by atoms with van der Waals surface area (Å²) >= 11 is 1.53. The number of hydrogen-bond donors (Lipinski definition) is 2. The molecule has 1 aliphatic carbocycles. The summed E-state index contributed by atoms with van der Waals surface area (Å²) in [5.41, 5.74) is 3.06. The number of amides is 2. The van der Waals surface area contributed by atoms with Crippen LogP contribution in [0.2, 0.25) is 0 Å². The number of thioether (sulfide) groups is 1. The molecule has 4 rings (SSSR count). The Morgan fingerprint density at radius 2 is 2.13 bits per heavy atom. The molecule has 1 atom stereocenters. The Labute approximate surface area is 185 Å². The quantitative estimate of drug-likeness (QED) is 0.491. The number of aryl methyl sites for hydroxylation is 1. The molecule has 2 aliphatic rings. The van der Waals surface area contributed by atoms with Crippen molar-refractivity contribution >= 4 is 23.8 Å². The first-order valence-electron chi connectivity index (χ1n) is 10.7. The molecule has 0 radical (unpaired) electrons. The molecule has 2 aromatic heterocycles. The maximum Gasteiger partial charge on any atom is 0.338 e. The molecule has 1 fully saturated rings. The van der Waals surface area contributed by atoms with Gasteiger partial charge in [-0.25, -0.2) is 14.6 Å². The Morgan fingerprint density at radius 1 is 1.35 bits per heavy atom. The summed E-state index contributed by atoms with van der Waals surface area (Å²) < 4.78 is 13.1. The van der Waals surface area contributed by atoms with E-state index in [2.05, 4.69) is 22.1 Å². The second-order valence-corrected chi connectivity index (χ2v) is 8.76. The SMILES string of the molecule is CCOC(=O)C1=C(CSc2nc(C)c(C)n2C2CCCC2)NC(=O)N[C@@H]1c1ccco1. The minimum Gasteiger partial charge on any atom is -0.467 e. The molecule has 31 heavy (non-hydrogen) atoms. The number of rotatable bonds is 7. The molecule has 2 amide bonds. The molecule has 1 saturated carbocycles. The number of aromatic nitrogens is 2. The topological polar surface area (TPSA) is 98.4 Å². The highest BCUT2D eigenvalue weighted by Gasteiger charge is 2.35. The van der Waals surface area contributed by atoms with E-state index in [4.69, 9.17) is 14.1 Å². The summed E-state index contributed by atoms with van der Waals surface area (Å²) in [5.74, 6) is 0.402. The number of carbonyl (C=O) groups is 2. The maximum absolute atomic E-state index is 12.8. The Morgan fingerprint density at radius 3 is 2.81 bits per heavy atom. The summed E-state index contributed by atoms with van der Waals surface area (Å²) in [7, 11) is 0. The zero-order valence-electron chi connectivity index (χ0n) is 18.1. The van der Waals surface area contributed by atoms with Crippen molar-refractivity contribution in [1.82, 2.24) is 20.2 Å². The van der Waals surface area contributed by atoms with Gasteiger partial charge in [0.15, 0.2) is 5.16 Å². The van der Waals surface area contributed by atoms with Crippen molar-refractivity contribution in [3.05, 3.63) is 46.8 Å². The van der Waals surface area contributed by atoms with Crippen molar-refractivity contribution in [3.8, 4) is 0 Å². The van der Waals surface area contributed by atoms with Gasteiger partial charge < -0.3 is 24.4 Å². The monoisotopic (exact) mass is 444 g/mol. The minimum absolute atomic E-state index is 0.242. The molecule has 166 valence electrons. The highest BCUT2D eigenvalue weighted by atomic mass is 32.2. The summed E-state index contributed by atoms with van der Waals surface area (Å²) in [6, 6.07) is 2.85. The number of nitrogens with one attached hydrogen (secondary N) is 2. The van der Waals surface area contributed by atoms with Crippen LogP contribution >= 0.6 is 11.8 Å². The molecular weight excluding hydrogens is 416 g/mol. The van der Waals surface area contributed by atoms with Crippen LogP contribution in [0.5, 0.6) is 0 Å². The van der Waals surface area contributed by atoms with Gasteiger partial charge in [-0.05, 0) is 45.7 Å². The zero-order valence-corrected chi connectivity index (χ0v) is 18.9. The van der Waals surface area contributed by atoms with E-state index in [9.17, 15) is 9.59 Å². The van der Waals surface area contributed by atoms with Crippen LogP contribution in [0, 0.1) is 13.8 Å². The van der Waals surface area contributed by atoms with E-state index in [0.29, 0.717) is 28.8 Å². The van der Waals surface area contributed by atoms with E-state index >= 15 is 0 Å². The van der Waals surface area contributed by atoms with Crippen LogP contribution in [0.3, 0.4) is 0 Å². The van der Waals surface area contributed by atoms with Gasteiger partial charge in [0.1, 0.15) is 11.8 Å². The van der Waals surface area contributed by atoms with Gasteiger partial charge in [0, 0.05) is 23.2 Å². The fourth-order valence-corrected chi connectivity index (χ4v) is 5.41. The van der Waals surface area contributed by atoms with E-state index in [-0.39, 0.29) is 12.6 Å². The predicted molar refractivity (Wildman–Crippen MR) is 117 cm³/mol. The second kappa shape index (κ2) is 9.21. The number of carbonyl (C=O) groups excluding carboxylic acids is 2. The van der Waals surface area contributed by atoms with E-state index in [1.165, 1.54) is 36.6 Å². The van der Waals surface area contributed by atoms with E-state index in [1.807, 2.05) is 6.92 Å². The lowest BCUT2D eigenvalue weighted by molar-refractivity contribution is -0.139. The third-order valence-corrected chi connectivity index (χ3v) is 6.85. The van der Waals surface area contributed by atoms with Crippen molar-refractivity contribution in [2.75, 3.05) is 12.4 Å². The molecule has 2 N–H and O–H groups in total. The third-order valence-electron chi connectivity index (χ3n) is 5.87. The summed E-state index contributed by atoms with van der Waals surface area (Å²) in [6.07, 6.45) is 6.29. The summed E-state index contributed by atoms with van der Waals surface area (Å²) in [4.78, 5) is 30.0. The van der Waals surface area contributed by atoms with Crippen molar-refractivity contribution in [2.45, 2.75) is 63.7 Å². The number of ether oxygens (including phenoxy) is 1. The van der Waals surface area contributed by atoms with Gasteiger partial charge in [0.05, 0.1) is 24.1 Å². The standard InChI is InChI=1S/C22H28N4O4S/c1-4-29-20(27)18-16(24-21(28)25-19(18)17-10-7-11-30-17)12-31-22-23-13(2)14(3)26(22)15-8-5-6-9-15/h7,10-11,15,19H,4-6,8-9,12H2,1-3H3,(H2,24,25,28)/t19-/m1/s1. The van der Waals surface area contributed by atoms with E-state index in [0.717, 1.165) is 23.7 Å². The van der Waals surface area contributed by atoms with Crippen LogP contribution < -0.4 is 10.6 Å². The molecule has 0 spiro atoms. The average molecular weight is 445 g/mol. The van der Waals surface area contributed by atoms with E-state index < -0.39 is 12.0 Å². The molecule has 0 bridgehead atoms. The van der Waals surface area contributed by atoms with Gasteiger partial charge in [-0.15, -0.1) is 0 Å². The van der Waals surface area contributed by atoms with Gasteiger partial charge in [-0.2, -0.15) is 0 Å². The minimum atomic E-state index is -0.698. The summed E-state index contributed by atoms with van der Waals surface area (Å²) in [5, 5.41) is 6.50. The highest BCUT2D eigenvalue weighted by Crippen LogP contribution is 2.36. The van der Waals surface area contributed by atoms with Crippen LogP contribution in [-0.4, -0.2) is 33.9 Å². The average Bonchev–Trinajstić information content (AvgIpc) is 3.49. The Bertz CT molecular complexity index is 990. The van der Waals surface area contributed by atoms with Gasteiger partial charge >= 0.3 is 12.0 Å². The number of nitrogens with zero attached hydrogens (tertiary/aromatic N) is 2. The molecule has 3 heterocycles. The first kappa shape index (κ1) is 21.5. The number of urea groups is 1. The van der Waals surface area contributed by atoms with Gasteiger partial charge in [0.2, 0.25) is 0 Å². The molecule has 0 unspecified atom stereocenters. The van der Waals surface area contributed by atoms with Crippen LogP contribution in [0.4, 0.5) is 4.79 Å². The van der Waals surface area contributed by atoms with Crippen molar-refractivity contribution in [2.24, 2.45) is 0 Å². The number of furan rings is 1. The highest BCUT2D eigenvalue weighted by molar-refractivity contribution is 7.99. The normalized spacial score (nSPS) is 19.5. The Kier molecular flexibility index (Phi) is 6.41.